The minimum atomic E-state index is -0.351. The zero-order chi connectivity index (χ0) is 13.5. The van der Waals surface area contributed by atoms with E-state index in [2.05, 4.69) is 24.1 Å². The van der Waals surface area contributed by atoms with Gasteiger partial charge in [-0.2, -0.15) is 0 Å². The number of carbonyl (C=O) groups excluding carboxylic acids is 1. The van der Waals surface area contributed by atoms with Crippen LogP contribution in [0.3, 0.4) is 0 Å². The van der Waals surface area contributed by atoms with E-state index in [1.807, 2.05) is 0 Å². The van der Waals surface area contributed by atoms with E-state index < -0.39 is 0 Å². The minimum Gasteiger partial charge on any atom is -0.462 e. The normalized spacial score (nSPS) is 12.3. The monoisotopic (exact) mass is 251 g/mol. The van der Waals surface area contributed by atoms with E-state index in [-0.39, 0.29) is 12.0 Å². The molecule has 0 amide bonds. The highest BCUT2D eigenvalue weighted by Gasteiger charge is 2.12. The number of pyridine rings is 1. The molecule has 1 aromatic heterocycles. The Balaban J connectivity index is 2.68. The Kier molecular flexibility index (Phi) is 5.58. The predicted octanol–water partition coefficient (Wildman–Crippen LogP) is 1.65. The Labute approximate surface area is 108 Å². The van der Waals surface area contributed by atoms with Crippen molar-refractivity contribution in [3.63, 3.8) is 0 Å². The van der Waals surface area contributed by atoms with Crippen LogP contribution in [0.15, 0.2) is 18.3 Å². The molecule has 1 heterocycles. The molecule has 0 aliphatic rings. The number of nitrogens with zero attached hydrogens (tertiary/aromatic N) is 1. The lowest BCUT2D eigenvalue weighted by Crippen LogP contribution is -2.34. The number of hydrogen-bond acceptors (Lipinski definition) is 5. The van der Waals surface area contributed by atoms with E-state index in [0.717, 1.165) is 0 Å². The molecule has 0 aliphatic carbocycles. The molecule has 0 aliphatic heterocycles. The third kappa shape index (κ3) is 4.00. The number of nitrogens with two attached hydrogens (primary N) is 1. The topological polar surface area (TPSA) is 77.2 Å². The molecule has 0 spiro atoms. The predicted molar refractivity (Wildman–Crippen MR) is 71.5 cm³/mol. The maximum absolute atomic E-state index is 11.4. The number of esters is 1. The molecule has 0 fully saturated rings. The summed E-state index contributed by atoms with van der Waals surface area (Å²) in [6, 6.07) is 3.63. The molecule has 18 heavy (non-hydrogen) atoms. The highest BCUT2D eigenvalue weighted by molar-refractivity contribution is 5.89. The first-order valence-corrected chi connectivity index (χ1v) is 6.18. The Bertz CT molecular complexity index is 376. The van der Waals surface area contributed by atoms with Gasteiger partial charge in [-0.25, -0.2) is 9.78 Å². The van der Waals surface area contributed by atoms with Crippen LogP contribution in [0, 0.1) is 5.92 Å². The number of nitrogens with one attached hydrogen (secondary N) is 1. The van der Waals surface area contributed by atoms with Crippen molar-refractivity contribution in [3.8, 4) is 0 Å². The van der Waals surface area contributed by atoms with Gasteiger partial charge in [0.05, 0.1) is 12.2 Å². The number of anilines is 1. The van der Waals surface area contributed by atoms with Crippen molar-refractivity contribution in [3.05, 3.63) is 23.9 Å². The van der Waals surface area contributed by atoms with Crippen LogP contribution in [0.5, 0.6) is 0 Å². The molecule has 5 heteroatoms. The molecule has 100 valence electrons. The van der Waals surface area contributed by atoms with Crippen molar-refractivity contribution in [1.82, 2.24) is 4.98 Å². The van der Waals surface area contributed by atoms with Gasteiger partial charge in [-0.1, -0.05) is 13.8 Å². The summed E-state index contributed by atoms with van der Waals surface area (Å²) in [5, 5.41) is 3.24. The zero-order valence-corrected chi connectivity index (χ0v) is 11.1. The van der Waals surface area contributed by atoms with E-state index in [9.17, 15) is 4.79 Å². The number of rotatable bonds is 6. The molecule has 0 saturated heterocycles. The standard InChI is InChI=1S/C13H21N3O2/c1-4-18-13(17)10-5-6-12(15-8-10)16-11(7-14)9(2)3/h5-6,8-9,11H,4,7,14H2,1-3H3,(H,15,16). The Morgan fingerprint density at radius 2 is 2.22 bits per heavy atom. The van der Waals surface area contributed by atoms with Crippen molar-refractivity contribution < 1.29 is 9.53 Å². The second-order valence-electron chi connectivity index (χ2n) is 4.38. The maximum atomic E-state index is 11.4. The van der Waals surface area contributed by atoms with Gasteiger partial charge in [0, 0.05) is 18.8 Å². The molecule has 0 radical (unpaired) electrons. The third-order valence-electron chi connectivity index (χ3n) is 2.67. The van der Waals surface area contributed by atoms with Gasteiger partial charge >= 0.3 is 5.97 Å². The van der Waals surface area contributed by atoms with Crippen molar-refractivity contribution in [2.75, 3.05) is 18.5 Å². The van der Waals surface area contributed by atoms with Crippen LogP contribution in [0.4, 0.5) is 5.82 Å². The quantitative estimate of drug-likeness (QED) is 0.752. The van der Waals surface area contributed by atoms with E-state index >= 15 is 0 Å². The SMILES string of the molecule is CCOC(=O)c1ccc(NC(CN)C(C)C)nc1. The first-order valence-electron chi connectivity index (χ1n) is 6.18. The number of aromatic nitrogens is 1. The fourth-order valence-electron chi connectivity index (χ4n) is 1.50. The molecule has 5 nitrogen and oxygen atoms in total. The fourth-order valence-corrected chi connectivity index (χ4v) is 1.50. The molecular weight excluding hydrogens is 230 g/mol. The molecule has 0 bridgehead atoms. The van der Waals surface area contributed by atoms with Gasteiger partial charge in [-0.15, -0.1) is 0 Å². The summed E-state index contributed by atoms with van der Waals surface area (Å²) in [7, 11) is 0. The summed E-state index contributed by atoms with van der Waals surface area (Å²) in [5.41, 5.74) is 6.13. The fraction of sp³-hybridized carbons (Fsp3) is 0.538. The maximum Gasteiger partial charge on any atom is 0.339 e. The van der Waals surface area contributed by atoms with Crippen LogP contribution >= 0.6 is 0 Å². The molecule has 3 N–H and O–H groups in total. The summed E-state index contributed by atoms with van der Waals surface area (Å²) in [4.78, 5) is 15.6. The zero-order valence-electron chi connectivity index (χ0n) is 11.1. The van der Waals surface area contributed by atoms with Gasteiger partial charge in [-0.3, -0.25) is 0 Å². The van der Waals surface area contributed by atoms with E-state index in [1.165, 1.54) is 6.20 Å². The summed E-state index contributed by atoms with van der Waals surface area (Å²) >= 11 is 0. The Morgan fingerprint density at radius 3 is 2.67 bits per heavy atom. The summed E-state index contributed by atoms with van der Waals surface area (Å²) in [6.07, 6.45) is 1.51. The molecule has 0 saturated carbocycles. The molecule has 1 atom stereocenters. The van der Waals surface area contributed by atoms with Crippen LogP contribution in [0.1, 0.15) is 31.1 Å². The summed E-state index contributed by atoms with van der Waals surface area (Å²) in [5.74, 6) is 0.782. The molecule has 1 aromatic rings. The first-order chi connectivity index (χ1) is 8.58. The average molecular weight is 251 g/mol. The lowest BCUT2D eigenvalue weighted by atomic mass is 10.1. The van der Waals surface area contributed by atoms with Crippen LogP contribution in [-0.4, -0.2) is 30.1 Å². The van der Waals surface area contributed by atoms with Gasteiger partial charge in [-0.05, 0) is 25.0 Å². The lowest BCUT2D eigenvalue weighted by Gasteiger charge is -2.21. The smallest absolute Gasteiger partial charge is 0.339 e. The van der Waals surface area contributed by atoms with Crippen molar-refractivity contribution in [2.24, 2.45) is 11.7 Å². The van der Waals surface area contributed by atoms with Crippen LogP contribution in [0.2, 0.25) is 0 Å². The van der Waals surface area contributed by atoms with Gasteiger partial charge in [0.1, 0.15) is 5.82 Å². The van der Waals surface area contributed by atoms with E-state index in [0.29, 0.717) is 30.5 Å². The third-order valence-corrected chi connectivity index (χ3v) is 2.67. The number of hydrogen-bond donors (Lipinski definition) is 2. The molecule has 1 unspecified atom stereocenters. The highest BCUT2D eigenvalue weighted by Crippen LogP contribution is 2.11. The summed E-state index contributed by atoms with van der Waals surface area (Å²) in [6.45, 7) is 6.87. The van der Waals surface area contributed by atoms with Gasteiger partial charge in [0.15, 0.2) is 0 Å². The number of ether oxygens (including phenoxy) is 1. The van der Waals surface area contributed by atoms with Crippen molar-refractivity contribution in [1.29, 1.82) is 0 Å². The van der Waals surface area contributed by atoms with Crippen LogP contribution in [0.25, 0.3) is 0 Å². The molecular formula is C13H21N3O2. The molecule has 0 aromatic carbocycles. The number of carbonyl (C=O) groups is 1. The highest BCUT2D eigenvalue weighted by atomic mass is 16.5. The largest absolute Gasteiger partial charge is 0.462 e. The Morgan fingerprint density at radius 1 is 1.50 bits per heavy atom. The average Bonchev–Trinajstić information content (AvgIpc) is 2.36. The minimum absolute atomic E-state index is 0.172. The van der Waals surface area contributed by atoms with Crippen molar-refractivity contribution >= 4 is 11.8 Å². The lowest BCUT2D eigenvalue weighted by molar-refractivity contribution is 0.0526. The second kappa shape index (κ2) is 6.96. The molecule has 1 rings (SSSR count). The van der Waals surface area contributed by atoms with Crippen LogP contribution in [-0.2, 0) is 4.74 Å². The van der Waals surface area contributed by atoms with Gasteiger partial charge in [0.25, 0.3) is 0 Å². The van der Waals surface area contributed by atoms with Gasteiger partial charge in [0.2, 0.25) is 0 Å². The van der Waals surface area contributed by atoms with E-state index in [1.54, 1.807) is 19.1 Å². The summed E-state index contributed by atoms with van der Waals surface area (Å²) < 4.78 is 4.89. The van der Waals surface area contributed by atoms with Crippen molar-refractivity contribution in [2.45, 2.75) is 26.8 Å². The second-order valence-corrected chi connectivity index (χ2v) is 4.38. The van der Waals surface area contributed by atoms with Gasteiger partial charge < -0.3 is 15.8 Å². The first kappa shape index (κ1) is 14.4. The van der Waals surface area contributed by atoms with E-state index in [4.69, 9.17) is 10.5 Å². The van der Waals surface area contributed by atoms with Crippen LogP contribution < -0.4 is 11.1 Å². The Hall–Kier alpha value is -1.62.